The van der Waals surface area contributed by atoms with E-state index in [1.165, 1.54) is 6.92 Å². The molecular weight excluding hydrogens is 264 g/mol. The van der Waals surface area contributed by atoms with Gasteiger partial charge in [0.15, 0.2) is 5.96 Å². The summed E-state index contributed by atoms with van der Waals surface area (Å²) in [5.41, 5.74) is 15.6. The number of carbonyl (C=O) groups is 3. The number of aliphatic imine (C=N–C) groups is 1. The van der Waals surface area contributed by atoms with Gasteiger partial charge in [-0.15, -0.1) is 0 Å². The molecule has 8 N–H and O–H groups in total. The van der Waals surface area contributed by atoms with E-state index in [0.29, 0.717) is 25.7 Å². The molecule has 0 bridgehead atoms. The molecule has 0 aromatic rings. The molecule has 0 heterocycles. The molecule has 114 valence electrons. The van der Waals surface area contributed by atoms with Gasteiger partial charge in [0.05, 0.1) is 18.6 Å². The fraction of sp³-hybridized carbons (Fsp3) is 0.636. The van der Waals surface area contributed by atoms with Crippen molar-refractivity contribution in [3.63, 3.8) is 0 Å². The van der Waals surface area contributed by atoms with E-state index in [1.54, 1.807) is 0 Å². The summed E-state index contributed by atoms with van der Waals surface area (Å²) in [5, 5.41) is 4.82. The lowest BCUT2D eigenvalue weighted by atomic mass is 10.2. The summed E-state index contributed by atoms with van der Waals surface area (Å²) in [5.74, 6) is -0.913. The molecule has 0 unspecified atom stereocenters. The topological polar surface area (TPSA) is 166 Å². The second-order valence-corrected chi connectivity index (χ2v) is 4.27. The number of rotatable bonds is 9. The van der Waals surface area contributed by atoms with Crippen molar-refractivity contribution in [1.29, 1.82) is 0 Å². The van der Waals surface area contributed by atoms with Gasteiger partial charge in [0.2, 0.25) is 11.8 Å². The Morgan fingerprint density at radius 3 is 2.50 bits per heavy atom. The van der Waals surface area contributed by atoms with E-state index in [4.69, 9.17) is 17.2 Å². The average molecular weight is 286 g/mol. The van der Waals surface area contributed by atoms with Crippen molar-refractivity contribution in [3.8, 4) is 0 Å². The van der Waals surface area contributed by atoms with Crippen molar-refractivity contribution in [3.05, 3.63) is 0 Å². The summed E-state index contributed by atoms with van der Waals surface area (Å²) in [6.45, 7) is 1.66. The Morgan fingerprint density at radius 1 is 1.35 bits per heavy atom. The Bertz CT molecular complexity index is 365. The van der Waals surface area contributed by atoms with Gasteiger partial charge in [-0.25, -0.2) is 0 Å². The first-order valence-electron chi connectivity index (χ1n) is 6.20. The molecule has 0 saturated carbocycles. The first-order chi connectivity index (χ1) is 9.36. The Kier molecular flexibility index (Phi) is 8.68. The van der Waals surface area contributed by atoms with E-state index < -0.39 is 23.9 Å². The van der Waals surface area contributed by atoms with E-state index in [-0.39, 0.29) is 12.5 Å². The number of carbonyl (C=O) groups excluding carboxylic acids is 3. The lowest BCUT2D eigenvalue weighted by molar-refractivity contribution is -0.127. The van der Waals surface area contributed by atoms with Gasteiger partial charge in [0.25, 0.3) is 0 Å². The van der Waals surface area contributed by atoms with Crippen LogP contribution < -0.4 is 27.8 Å². The molecule has 2 amide bonds. The number of hydrogen-bond donors (Lipinski definition) is 5. The third-order valence-electron chi connectivity index (χ3n) is 2.32. The number of amides is 2. The maximum atomic E-state index is 11.5. The van der Waals surface area contributed by atoms with Crippen LogP contribution in [-0.4, -0.2) is 49.2 Å². The highest BCUT2D eigenvalue weighted by molar-refractivity contribution is 5.88. The van der Waals surface area contributed by atoms with Crippen molar-refractivity contribution >= 4 is 24.1 Å². The first-order valence-corrected chi connectivity index (χ1v) is 6.20. The van der Waals surface area contributed by atoms with Gasteiger partial charge >= 0.3 is 0 Å². The second kappa shape index (κ2) is 9.73. The maximum absolute atomic E-state index is 11.5. The quantitative estimate of drug-likeness (QED) is 0.133. The fourth-order valence-electron chi connectivity index (χ4n) is 1.28. The summed E-state index contributed by atoms with van der Waals surface area (Å²) in [6.07, 6.45) is 1.59. The second-order valence-electron chi connectivity index (χ2n) is 4.27. The van der Waals surface area contributed by atoms with E-state index >= 15 is 0 Å². The Morgan fingerprint density at radius 2 is 2.00 bits per heavy atom. The van der Waals surface area contributed by atoms with Gasteiger partial charge in [-0.3, -0.25) is 14.6 Å². The molecule has 0 aromatic carbocycles. The van der Waals surface area contributed by atoms with Crippen LogP contribution in [0.15, 0.2) is 4.99 Å². The molecular formula is C11H22N6O3. The number of nitrogens with zero attached hydrogens (tertiary/aromatic N) is 1. The highest BCUT2D eigenvalue weighted by atomic mass is 16.2. The molecule has 0 radical (unpaired) electrons. The van der Waals surface area contributed by atoms with E-state index in [9.17, 15) is 14.4 Å². The average Bonchev–Trinajstić information content (AvgIpc) is 2.38. The van der Waals surface area contributed by atoms with Crippen molar-refractivity contribution in [2.45, 2.75) is 31.8 Å². The molecule has 0 rings (SSSR count). The van der Waals surface area contributed by atoms with Crippen molar-refractivity contribution < 1.29 is 14.4 Å². The van der Waals surface area contributed by atoms with Gasteiger partial charge in [-0.2, -0.15) is 0 Å². The van der Waals surface area contributed by atoms with Crippen LogP contribution in [0.5, 0.6) is 0 Å². The molecule has 20 heavy (non-hydrogen) atoms. The smallest absolute Gasteiger partial charge is 0.239 e. The number of nitrogens with two attached hydrogens (primary N) is 3. The van der Waals surface area contributed by atoms with Crippen molar-refractivity contribution in [2.24, 2.45) is 22.2 Å². The third kappa shape index (κ3) is 8.86. The maximum Gasteiger partial charge on any atom is 0.239 e. The van der Waals surface area contributed by atoms with E-state index in [2.05, 4.69) is 15.6 Å². The SMILES string of the molecule is C[C@H](N)C(=O)NCC(=O)N[C@H](C=O)CCCN=C(N)N. The van der Waals surface area contributed by atoms with Crippen LogP contribution in [0.25, 0.3) is 0 Å². The van der Waals surface area contributed by atoms with Crippen LogP contribution >= 0.6 is 0 Å². The zero-order chi connectivity index (χ0) is 15.5. The number of hydrogen-bond acceptors (Lipinski definition) is 5. The first kappa shape index (κ1) is 17.8. The normalized spacial score (nSPS) is 12.9. The molecule has 0 fully saturated rings. The summed E-state index contributed by atoms with van der Waals surface area (Å²) in [4.78, 5) is 37.2. The zero-order valence-electron chi connectivity index (χ0n) is 11.5. The summed E-state index contributed by atoms with van der Waals surface area (Å²) < 4.78 is 0. The predicted molar refractivity (Wildman–Crippen MR) is 74.6 cm³/mol. The van der Waals surface area contributed by atoms with Crippen LogP contribution in [0, 0.1) is 0 Å². The van der Waals surface area contributed by atoms with Gasteiger partial charge in [-0.05, 0) is 19.8 Å². The number of aldehydes is 1. The van der Waals surface area contributed by atoms with Gasteiger partial charge in [0.1, 0.15) is 6.29 Å². The largest absolute Gasteiger partial charge is 0.370 e. The molecule has 0 saturated heterocycles. The fourth-order valence-corrected chi connectivity index (χ4v) is 1.28. The molecule has 0 aliphatic heterocycles. The number of guanidine groups is 1. The van der Waals surface area contributed by atoms with Crippen LogP contribution in [0.1, 0.15) is 19.8 Å². The summed E-state index contributed by atoms with van der Waals surface area (Å²) in [6, 6.07) is -1.33. The minimum Gasteiger partial charge on any atom is -0.370 e. The monoisotopic (exact) mass is 286 g/mol. The Labute approximate surface area is 117 Å². The van der Waals surface area contributed by atoms with Crippen molar-refractivity contribution in [1.82, 2.24) is 10.6 Å². The molecule has 9 nitrogen and oxygen atoms in total. The standard InChI is InChI=1S/C11H22N6O3/c1-7(12)10(20)16-5-9(19)17-8(6-18)3-2-4-15-11(13)14/h6-8H,2-5,12H2,1H3,(H,16,20)(H,17,19)(H4,13,14,15)/t7-,8-/m0/s1. The van der Waals surface area contributed by atoms with E-state index in [1.807, 2.05) is 0 Å². The predicted octanol–water partition coefficient (Wildman–Crippen LogP) is -2.81. The highest BCUT2D eigenvalue weighted by Gasteiger charge is 2.13. The molecule has 2 atom stereocenters. The van der Waals surface area contributed by atoms with Crippen LogP contribution in [0.3, 0.4) is 0 Å². The van der Waals surface area contributed by atoms with Gasteiger partial charge in [0, 0.05) is 6.54 Å². The van der Waals surface area contributed by atoms with Crippen LogP contribution in [-0.2, 0) is 14.4 Å². The van der Waals surface area contributed by atoms with Gasteiger partial charge in [-0.1, -0.05) is 0 Å². The molecule has 0 spiro atoms. The lowest BCUT2D eigenvalue weighted by Gasteiger charge is -2.13. The Balaban J connectivity index is 3.97. The summed E-state index contributed by atoms with van der Waals surface area (Å²) >= 11 is 0. The highest BCUT2D eigenvalue weighted by Crippen LogP contribution is 1.95. The molecule has 9 heteroatoms. The summed E-state index contributed by atoms with van der Waals surface area (Å²) in [7, 11) is 0. The van der Waals surface area contributed by atoms with Gasteiger partial charge < -0.3 is 32.6 Å². The minimum absolute atomic E-state index is 0.0182. The lowest BCUT2D eigenvalue weighted by Crippen LogP contribution is -2.46. The molecule has 0 aromatic heterocycles. The minimum atomic E-state index is -0.691. The van der Waals surface area contributed by atoms with Crippen LogP contribution in [0.4, 0.5) is 0 Å². The Hall–Kier alpha value is -2.16. The third-order valence-corrected chi connectivity index (χ3v) is 2.32. The zero-order valence-corrected chi connectivity index (χ0v) is 11.5. The number of nitrogens with one attached hydrogen (secondary N) is 2. The van der Waals surface area contributed by atoms with Crippen LogP contribution in [0.2, 0.25) is 0 Å². The van der Waals surface area contributed by atoms with E-state index in [0.717, 1.165) is 0 Å². The molecule has 0 aliphatic carbocycles. The molecule has 0 aliphatic rings. The van der Waals surface area contributed by atoms with Crippen molar-refractivity contribution in [2.75, 3.05) is 13.1 Å².